The highest BCUT2D eigenvalue weighted by atomic mass is 16.2. The molecule has 0 heterocycles. The van der Waals surface area contributed by atoms with Crippen LogP contribution in [0.25, 0.3) is 0 Å². The number of carbonyl (C=O) groups is 1. The van der Waals surface area contributed by atoms with Crippen LogP contribution in [-0.2, 0) is 4.79 Å². The number of rotatable bonds is 3. The Labute approximate surface area is 99.2 Å². The second kappa shape index (κ2) is 3.46. The molecule has 1 rings (SSSR count). The van der Waals surface area contributed by atoms with Crippen molar-refractivity contribution >= 4 is 5.91 Å². The molecule has 0 radical (unpaired) electrons. The van der Waals surface area contributed by atoms with Gasteiger partial charge in [-0.2, -0.15) is 0 Å². The van der Waals surface area contributed by atoms with E-state index in [0.717, 1.165) is 0 Å². The second-order valence-electron chi connectivity index (χ2n) is 6.88. The molecule has 0 aliphatic heterocycles. The first-order chi connectivity index (χ1) is 6.94. The van der Waals surface area contributed by atoms with E-state index in [4.69, 9.17) is 5.73 Å². The van der Waals surface area contributed by atoms with Crippen molar-refractivity contribution < 1.29 is 4.79 Å². The molecular weight excluding hydrogens is 200 g/mol. The third-order valence-electron chi connectivity index (χ3n) is 4.87. The monoisotopic (exact) mass is 226 g/mol. The van der Waals surface area contributed by atoms with Crippen LogP contribution in [-0.4, -0.2) is 17.5 Å². The minimum atomic E-state index is -0.341. The maximum Gasteiger partial charge on any atom is 0.224 e. The summed E-state index contributed by atoms with van der Waals surface area (Å²) < 4.78 is 0. The fraction of sp³-hybridized carbons (Fsp3) is 0.923. The van der Waals surface area contributed by atoms with E-state index in [1.165, 1.54) is 0 Å². The van der Waals surface area contributed by atoms with Crippen molar-refractivity contribution in [2.45, 2.75) is 60.0 Å². The van der Waals surface area contributed by atoms with Crippen LogP contribution in [0.15, 0.2) is 0 Å². The fourth-order valence-corrected chi connectivity index (χ4v) is 2.36. The van der Waals surface area contributed by atoms with E-state index in [1.807, 2.05) is 20.8 Å². The van der Waals surface area contributed by atoms with Crippen molar-refractivity contribution in [3.63, 3.8) is 0 Å². The maximum atomic E-state index is 12.2. The predicted molar refractivity (Wildman–Crippen MR) is 66.9 cm³/mol. The molecule has 0 aromatic carbocycles. The summed E-state index contributed by atoms with van der Waals surface area (Å²) in [6.07, 6.45) is 0. The standard InChI is InChI=1S/C13H26N2O/c1-8(14)13(6,7)15-10(16)9-11(2,3)12(9,4)5/h8-9H,14H2,1-7H3,(H,15,16). The molecule has 1 amide bonds. The molecular formula is C13H26N2O. The first-order valence-corrected chi connectivity index (χ1v) is 6.02. The molecule has 1 atom stereocenters. The van der Waals surface area contributed by atoms with Crippen LogP contribution in [0.1, 0.15) is 48.5 Å². The summed E-state index contributed by atoms with van der Waals surface area (Å²) in [5, 5.41) is 3.06. The normalized spacial score (nSPS) is 25.0. The molecule has 3 heteroatoms. The summed E-state index contributed by atoms with van der Waals surface area (Å²) in [4.78, 5) is 12.2. The van der Waals surface area contributed by atoms with E-state index in [2.05, 4.69) is 33.0 Å². The first kappa shape index (κ1) is 13.5. The number of nitrogens with one attached hydrogen (secondary N) is 1. The summed E-state index contributed by atoms with van der Waals surface area (Å²) >= 11 is 0. The Hall–Kier alpha value is -0.570. The number of hydrogen-bond acceptors (Lipinski definition) is 2. The minimum absolute atomic E-state index is 0.0542. The van der Waals surface area contributed by atoms with Gasteiger partial charge in [0, 0.05) is 17.5 Å². The van der Waals surface area contributed by atoms with Crippen molar-refractivity contribution in [2.75, 3.05) is 0 Å². The zero-order chi connectivity index (χ0) is 12.9. The van der Waals surface area contributed by atoms with Gasteiger partial charge in [-0.25, -0.2) is 0 Å². The third kappa shape index (κ3) is 1.86. The van der Waals surface area contributed by atoms with E-state index < -0.39 is 0 Å². The Morgan fingerprint density at radius 2 is 1.62 bits per heavy atom. The topological polar surface area (TPSA) is 55.1 Å². The van der Waals surface area contributed by atoms with Crippen molar-refractivity contribution in [3.05, 3.63) is 0 Å². The van der Waals surface area contributed by atoms with Gasteiger partial charge in [-0.3, -0.25) is 4.79 Å². The van der Waals surface area contributed by atoms with E-state index in [1.54, 1.807) is 0 Å². The van der Waals surface area contributed by atoms with Crippen LogP contribution in [0.2, 0.25) is 0 Å². The van der Waals surface area contributed by atoms with Crippen molar-refractivity contribution in [3.8, 4) is 0 Å². The van der Waals surface area contributed by atoms with Crippen LogP contribution in [0.5, 0.6) is 0 Å². The lowest BCUT2D eigenvalue weighted by Gasteiger charge is -2.30. The Bertz CT molecular complexity index is 289. The van der Waals surface area contributed by atoms with E-state index in [0.29, 0.717) is 0 Å². The Balaban J connectivity index is 2.71. The molecule has 3 N–H and O–H groups in total. The number of nitrogens with two attached hydrogens (primary N) is 1. The van der Waals surface area contributed by atoms with E-state index in [9.17, 15) is 4.79 Å². The lowest BCUT2D eigenvalue weighted by molar-refractivity contribution is -0.125. The molecule has 1 aliphatic carbocycles. The molecule has 94 valence electrons. The van der Waals surface area contributed by atoms with Crippen LogP contribution < -0.4 is 11.1 Å². The van der Waals surface area contributed by atoms with E-state index in [-0.39, 0.29) is 34.2 Å². The molecule has 1 unspecified atom stereocenters. The van der Waals surface area contributed by atoms with Gasteiger partial charge in [0.2, 0.25) is 5.91 Å². The van der Waals surface area contributed by atoms with Crippen LogP contribution in [0.3, 0.4) is 0 Å². The minimum Gasteiger partial charge on any atom is -0.349 e. The number of amides is 1. The zero-order valence-corrected chi connectivity index (χ0v) is 11.6. The van der Waals surface area contributed by atoms with Crippen LogP contribution in [0.4, 0.5) is 0 Å². The van der Waals surface area contributed by atoms with Gasteiger partial charge in [0.25, 0.3) is 0 Å². The fourth-order valence-electron chi connectivity index (χ4n) is 2.36. The maximum absolute atomic E-state index is 12.2. The largest absolute Gasteiger partial charge is 0.349 e. The van der Waals surface area contributed by atoms with Crippen molar-refractivity contribution in [2.24, 2.45) is 22.5 Å². The Kier molecular flexibility index (Phi) is 2.92. The molecule has 1 fully saturated rings. The summed E-state index contributed by atoms with van der Waals surface area (Å²) in [6, 6.07) is -0.0542. The summed E-state index contributed by atoms with van der Waals surface area (Å²) in [5.74, 6) is 0.232. The van der Waals surface area contributed by atoms with Gasteiger partial charge in [0.1, 0.15) is 0 Å². The average Bonchev–Trinajstić information content (AvgIpc) is 2.40. The number of carbonyl (C=O) groups excluding carboxylic acids is 1. The molecule has 0 saturated heterocycles. The molecule has 1 saturated carbocycles. The molecule has 1 aliphatic rings. The summed E-state index contributed by atoms with van der Waals surface area (Å²) in [5.41, 5.74) is 5.69. The van der Waals surface area contributed by atoms with Gasteiger partial charge < -0.3 is 11.1 Å². The SMILES string of the molecule is CC(N)C(C)(C)NC(=O)C1C(C)(C)C1(C)C. The van der Waals surface area contributed by atoms with Crippen LogP contribution in [0, 0.1) is 16.7 Å². The van der Waals surface area contributed by atoms with Gasteiger partial charge in [0.05, 0.1) is 0 Å². The molecule has 16 heavy (non-hydrogen) atoms. The Morgan fingerprint density at radius 3 is 1.88 bits per heavy atom. The quantitative estimate of drug-likeness (QED) is 0.772. The summed E-state index contributed by atoms with van der Waals surface area (Å²) in [7, 11) is 0. The van der Waals surface area contributed by atoms with Crippen molar-refractivity contribution in [1.82, 2.24) is 5.32 Å². The van der Waals surface area contributed by atoms with Gasteiger partial charge in [-0.15, -0.1) is 0 Å². The smallest absolute Gasteiger partial charge is 0.224 e. The third-order valence-corrected chi connectivity index (χ3v) is 4.87. The highest BCUT2D eigenvalue weighted by Gasteiger charge is 2.68. The number of hydrogen-bond donors (Lipinski definition) is 2. The van der Waals surface area contributed by atoms with Gasteiger partial charge in [0.15, 0.2) is 0 Å². The van der Waals surface area contributed by atoms with Crippen molar-refractivity contribution in [1.29, 1.82) is 0 Å². The van der Waals surface area contributed by atoms with E-state index >= 15 is 0 Å². The van der Waals surface area contributed by atoms with Crippen LogP contribution >= 0.6 is 0 Å². The average molecular weight is 226 g/mol. The highest BCUT2D eigenvalue weighted by Crippen LogP contribution is 2.68. The van der Waals surface area contributed by atoms with Gasteiger partial charge in [-0.05, 0) is 31.6 Å². The summed E-state index contributed by atoms with van der Waals surface area (Å²) in [6.45, 7) is 14.5. The second-order valence-corrected chi connectivity index (χ2v) is 6.88. The Morgan fingerprint density at radius 1 is 1.25 bits per heavy atom. The van der Waals surface area contributed by atoms with Gasteiger partial charge >= 0.3 is 0 Å². The molecule has 0 spiro atoms. The van der Waals surface area contributed by atoms with Gasteiger partial charge in [-0.1, -0.05) is 27.7 Å². The molecule has 0 aromatic heterocycles. The first-order valence-electron chi connectivity index (χ1n) is 6.02. The lowest BCUT2D eigenvalue weighted by Crippen LogP contribution is -2.55. The molecule has 3 nitrogen and oxygen atoms in total. The highest BCUT2D eigenvalue weighted by molar-refractivity contribution is 5.84. The zero-order valence-electron chi connectivity index (χ0n) is 11.6. The molecule has 0 bridgehead atoms. The predicted octanol–water partition coefficient (Wildman–Crippen LogP) is 1.91. The lowest BCUT2D eigenvalue weighted by atomic mass is 9.96. The molecule has 0 aromatic rings.